The number of piperidine rings is 3. The fourth-order valence-corrected chi connectivity index (χ4v) is 4.73. The van der Waals surface area contributed by atoms with E-state index in [1.54, 1.807) is 12.1 Å². The maximum Gasteiger partial charge on any atom is 0.222 e. The van der Waals surface area contributed by atoms with E-state index >= 15 is 0 Å². The molecule has 0 aromatic heterocycles. The number of amides is 1. The van der Waals surface area contributed by atoms with Gasteiger partial charge in [-0.3, -0.25) is 9.69 Å². The highest BCUT2D eigenvalue weighted by molar-refractivity contribution is 5.77. The van der Waals surface area contributed by atoms with Gasteiger partial charge < -0.3 is 4.90 Å². The van der Waals surface area contributed by atoms with E-state index in [-0.39, 0.29) is 5.82 Å². The van der Waals surface area contributed by atoms with E-state index in [4.69, 9.17) is 0 Å². The van der Waals surface area contributed by atoms with Gasteiger partial charge in [0.05, 0.1) is 0 Å². The highest BCUT2D eigenvalue weighted by Crippen LogP contribution is 2.38. The number of carbonyl (C=O) groups is 1. The first-order valence-corrected chi connectivity index (χ1v) is 8.45. The number of halogens is 1. The van der Waals surface area contributed by atoms with E-state index in [1.807, 2.05) is 6.07 Å². The van der Waals surface area contributed by atoms with Crippen LogP contribution >= 0.6 is 0 Å². The Bertz CT molecular complexity index is 576. The summed E-state index contributed by atoms with van der Waals surface area (Å²) in [6.45, 7) is 3.83. The quantitative estimate of drug-likeness (QED) is 0.838. The molecule has 0 N–H and O–H groups in total. The van der Waals surface area contributed by atoms with Gasteiger partial charge in [0.1, 0.15) is 5.82 Å². The summed E-state index contributed by atoms with van der Waals surface area (Å²) in [5.74, 6) is 1.40. The normalized spacial score (nSPS) is 32.0. The van der Waals surface area contributed by atoms with E-state index in [9.17, 15) is 9.18 Å². The summed E-state index contributed by atoms with van der Waals surface area (Å²) in [7, 11) is 0. The smallest absolute Gasteiger partial charge is 0.222 e. The summed E-state index contributed by atoms with van der Waals surface area (Å²) in [5.41, 5.74) is 1.05. The van der Waals surface area contributed by atoms with Gasteiger partial charge in [0, 0.05) is 38.6 Å². The molecule has 4 rings (SSSR count). The number of hydrogen-bond donors (Lipinski definition) is 0. The van der Waals surface area contributed by atoms with Crippen LogP contribution in [0.2, 0.25) is 0 Å². The number of hydrogen-bond acceptors (Lipinski definition) is 2. The van der Waals surface area contributed by atoms with Crippen LogP contribution in [0.4, 0.5) is 4.39 Å². The van der Waals surface area contributed by atoms with Crippen molar-refractivity contribution in [2.24, 2.45) is 11.8 Å². The third-order valence-corrected chi connectivity index (χ3v) is 5.55. The third-order valence-electron chi connectivity index (χ3n) is 5.55. The summed E-state index contributed by atoms with van der Waals surface area (Å²) < 4.78 is 13.4. The van der Waals surface area contributed by atoms with Crippen molar-refractivity contribution in [1.82, 2.24) is 9.80 Å². The van der Waals surface area contributed by atoms with Gasteiger partial charge in [-0.1, -0.05) is 12.1 Å². The Balaban J connectivity index is 1.47. The topological polar surface area (TPSA) is 23.6 Å². The molecule has 0 unspecified atom stereocenters. The maximum absolute atomic E-state index is 13.4. The van der Waals surface area contributed by atoms with Crippen LogP contribution < -0.4 is 0 Å². The Hall–Kier alpha value is -1.42. The molecule has 1 aromatic carbocycles. The van der Waals surface area contributed by atoms with Crippen LogP contribution in [0, 0.1) is 17.7 Å². The molecule has 0 aliphatic carbocycles. The standard InChI is InChI=1S/C18H23FN2O/c19-16-4-1-3-13(8-16)9-20-10-14-7-15(12-20)17-5-2-6-18(22)21(17)11-14/h1,3-4,8,14-15,17H,2,5-7,9-12H2/t14-,15-,17-/m0/s1. The van der Waals surface area contributed by atoms with Crippen molar-refractivity contribution in [1.29, 1.82) is 0 Å². The monoisotopic (exact) mass is 302 g/mol. The fraction of sp³-hybridized carbons (Fsp3) is 0.611. The lowest BCUT2D eigenvalue weighted by atomic mass is 9.76. The number of benzene rings is 1. The van der Waals surface area contributed by atoms with Crippen LogP contribution in [-0.2, 0) is 11.3 Å². The molecule has 0 radical (unpaired) electrons. The first-order chi connectivity index (χ1) is 10.7. The molecule has 22 heavy (non-hydrogen) atoms. The van der Waals surface area contributed by atoms with Crippen molar-refractivity contribution in [2.75, 3.05) is 19.6 Å². The van der Waals surface area contributed by atoms with Crippen molar-refractivity contribution in [3.8, 4) is 0 Å². The maximum atomic E-state index is 13.4. The van der Waals surface area contributed by atoms with Gasteiger partial charge in [0.15, 0.2) is 0 Å². The zero-order chi connectivity index (χ0) is 15.1. The molecule has 3 atom stereocenters. The van der Waals surface area contributed by atoms with Crippen molar-refractivity contribution in [3.05, 3.63) is 35.6 Å². The SMILES string of the molecule is O=C1CCC[C@H]2[C@H]3C[C@@H](CN(Cc4cccc(F)c4)C3)CN12. The Kier molecular flexibility index (Phi) is 3.65. The lowest BCUT2D eigenvalue weighted by Crippen LogP contribution is -2.60. The van der Waals surface area contributed by atoms with Crippen molar-refractivity contribution in [2.45, 2.75) is 38.3 Å². The number of likely N-dealkylation sites (tertiary alicyclic amines) is 1. The highest BCUT2D eigenvalue weighted by atomic mass is 19.1. The minimum absolute atomic E-state index is 0.154. The van der Waals surface area contributed by atoms with Gasteiger partial charge in [-0.25, -0.2) is 4.39 Å². The van der Waals surface area contributed by atoms with Crippen LogP contribution in [0.25, 0.3) is 0 Å². The molecule has 3 saturated heterocycles. The number of nitrogens with zero attached hydrogens (tertiary/aromatic N) is 2. The Labute approximate surface area is 131 Å². The van der Waals surface area contributed by atoms with E-state index < -0.39 is 0 Å². The number of fused-ring (bicyclic) bond motifs is 4. The van der Waals surface area contributed by atoms with E-state index in [2.05, 4.69) is 9.80 Å². The first kappa shape index (κ1) is 14.2. The molecule has 3 aliphatic rings. The first-order valence-electron chi connectivity index (χ1n) is 8.45. The lowest BCUT2D eigenvalue weighted by molar-refractivity contribution is -0.145. The van der Waals surface area contributed by atoms with Crippen LogP contribution in [0.3, 0.4) is 0 Å². The van der Waals surface area contributed by atoms with Crippen molar-refractivity contribution >= 4 is 5.91 Å². The van der Waals surface area contributed by atoms with Gasteiger partial charge in [0.2, 0.25) is 5.91 Å². The zero-order valence-corrected chi connectivity index (χ0v) is 12.9. The second-order valence-electron chi connectivity index (χ2n) is 7.19. The van der Waals surface area contributed by atoms with E-state index in [1.165, 1.54) is 12.5 Å². The molecule has 0 spiro atoms. The average Bonchev–Trinajstić information content (AvgIpc) is 2.48. The number of carbonyl (C=O) groups excluding carboxylic acids is 1. The van der Waals surface area contributed by atoms with Crippen molar-refractivity contribution in [3.63, 3.8) is 0 Å². The molecule has 118 valence electrons. The molecular formula is C18H23FN2O. The summed E-state index contributed by atoms with van der Waals surface area (Å²) in [5, 5.41) is 0. The highest BCUT2D eigenvalue weighted by Gasteiger charge is 2.43. The predicted octanol–water partition coefficient (Wildman–Crippen LogP) is 2.66. The van der Waals surface area contributed by atoms with Crippen LogP contribution in [0.1, 0.15) is 31.2 Å². The van der Waals surface area contributed by atoms with Gasteiger partial charge >= 0.3 is 0 Å². The van der Waals surface area contributed by atoms with Gasteiger partial charge in [-0.2, -0.15) is 0 Å². The molecule has 1 amide bonds. The molecule has 3 fully saturated rings. The van der Waals surface area contributed by atoms with Gasteiger partial charge in [-0.15, -0.1) is 0 Å². The fourth-order valence-electron chi connectivity index (χ4n) is 4.73. The Morgan fingerprint density at radius 2 is 2.14 bits per heavy atom. The van der Waals surface area contributed by atoms with Crippen molar-refractivity contribution < 1.29 is 9.18 Å². The molecule has 4 heteroatoms. The largest absolute Gasteiger partial charge is 0.339 e. The second-order valence-corrected chi connectivity index (χ2v) is 7.19. The zero-order valence-electron chi connectivity index (χ0n) is 12.9. The van der Waals surface area contributed by atoms with Crippen LogP contribution in [-0.4, -0.2) is 41.4 Å². The summed E-state index contributed by atoms with van der Waals surface area (Å²) in [6, 6.07) is 7.38. The molecule has 3 nitrogen and oxygen atoms in total. The second kappa shape index (κ2) is 5.65. The Morgan fingerprint density at radius 1 is 1.23 bits per heavy atom. The van der Waals surface area contributed by atoms with Gasteiger partial charge in [-0.05, 0) is 48.8 Å². The Morgan fingerprint density at radius 3 is 3.00 bits per heavy atom. The summed E-state index contributed by atoms with van der Waals surface area (Å²) in [4.78, 5) is 16.8. The average molecular weight is 302 g/mol. The van der Waals surface area contributed by atoms with E-state index in [0.717, 1.165) is 51.0 Å². The molecule has 3 aliphatic heterocycles. The molecule has 3 heterocycles. The molecule has 1 aromatic rings. The molecule has 0 saturated carbocycles. The summed E-state index contributed by atoms with van der Waals surface area (Å²) >= 11 is 0. The van der Waals surface area contributed by atoms with E-state index in [0.29, 0.717) is 23.8 Å². The molecular weight excluding hydrogens is 279 g/mol. The van der Waals surface area contributed by atoms with Crippen LogP contribution in [0.15, 0.2) is 24.3 Å². The van der Waals surface area contributed by atoms with Crippen LogP contribution in [0.5, 0.6) is 0 Å². The minimum Gasteiger partial charge on any atom is -0.339 e. The summed E-state index contributed by atoms with van der Waals surface area (Å²) in [6.07, 6.45) is 4.21. The number of rotatable bonds is 2. The lowest BCUT2D eigenvalue weighted by Gasteiger charge is -2.52. The third kappa shape index (κ3) is 2.65. The molecule has 2 bridgehead atoms. The predicted molar refractivity (Wildman–Crippen MR) is 82.6 cm³/mol. The minimum atomic E-state index is -0.154. The van der Waals surface area contributed by atoms with Gasteiger partial charge in [0.25, 0.3) is 0 Å².